The molecule has 80 valence electrons. The van der Waals surface area contributed by atoms with Gasteiger partial charge in [0.15, 0.2) is 0 Å². The first-order valence-corrected chi connectivity index (χ1v) is 4.92. The zero-order chi connectivity index (χ0) is 11.3. The molecular weight excluding hydrogens is 214 g/mol. The molecule has 0 fully saturated rings. The fourth-order valence-electron chi connectivity index (χ4n) is 1.17. The van der Waals surface area contributed by atoms with E-state index < -0.39 is 5.97 Å². The summed E-state index contributed by atoms with van der Waals surface area (Å²) in [5, 5.41) is 9.35. The zero-order valence-electron chi connectivity index (χ0n) is 8.11. The van der Waals surface area contributed by atoms with Crippen molar-refractivity contribution < 1.29 is 9.90 Å². The first-order valence-electron chi connectivity index (χ1n) is 4.54. The standard InChI is InChI=1S/C11H12ClNO2/c12-9-5-4-8(3-1-2-6-13)10(7-9)11(14)15/h1,3-5,7H,2,6,13H2,(H,14,15). The first kappa shape index (κ1) is 11.8. The summed E-state index contributed by atoms with van der Waals surface area (Å²) in [6.07, 6.45) is 4.31. The molecular formula is C11H12ClNO2. The van der Waals surface area contributed by atoms with E-state index in [2.05, 4.69) is 0 Å². The van der Waals surface area contributed by atoms with E-state index in [4.69, 9.17) is 22.4 Å². The van der Waals surface area contributed by atoms with Gasteiger partial charge in [-0.25, -0.2) is 4.79 Å². The van der Waals surface area contributed by atoms with E-state index >= 15 is 0 Å². The van der Waals surface area contributed by atoms with Crippen LogP contribution in [0.5, 0.6) is 0 Å². The Morgan fingerprint density at radius 1 is 1.53 bits per heavy atom. The second kappa shape index (κ2) is 5.53. The maximum Gasteiger partial charge on any atom is 0.336 e. The lowest BCUT2D eigenvalue weighted by Gasteiger charge is -2.01. The first-order chi connectivity index (χ1) is 7.15. The largest absolute Gasteiger partial charge is 0.478 e. The Balaban J connectivity index is 3.01. The number of carboxylic acid groups (broad SMARTS) is 1. The van der Waals surface area contributed by atoms with Gasteiger partial charge in [-0.15, -0.1) is 0 Å². The second-order valence-corrected chi connectivity index (χ2v) is 3.45. The minimum atomic E-state index is -0.982. The Bertz CT molecular complexity index is 388. The molecule has 0 aliphatic carbocycles. The van der Waals surface area contributed by atoms with Crippen LogP contribution in [0, 0.1) is 0 Å². The van der Waals surface area contributed by atoms with Crippen molar-refractivity contribution in [3.63, 3.8) is 0 Å². The van der Waals surface area contributed by atoms with E-state index in [1.54, 1.807) is 18.2 Å². The van der Waals surface area contributed by atoms with Crippen LogP contribution in [0.25, 0.3) is 6.08 Å². The van der Waals surface area contributed by atoms with Gasteiger partial charge >= 0.3 is 5.97 Å². The molecule has 1 aromatic carbocycles. The molecule has 0 saturated heterocycles. The van der Waals surface area contributed by atoms with Gasteiger partial charge in [0.25, 0.3) is 0 Å². The molecule has 1 aromatic rings. The Morgan fingerprint density at radius 3 is 2.87 bits per heavy atom. The third kappa shape index (κ3) is 3.38. The number of hydrogen-bond donors (Lipinski definition) is 2. The van der Waals surface area contributed by atoms with Gasteiger partial charge in [0.1, 0.15) is 0 Å². The molecule has 15 heavy (non-hydrogen) atoms. The molecule has 0 atom stereocenters. The van der Waals surface area contributed by atoms with E-state index in [0.717, 1.165) is 6.42 Å². The van der Waals surface area contributed by atoms with Crippen LogP contribution in [0.1, 0.15) is 22.3 Å². The second-order valence-electron chi connectivity index (χ2n) is 3.02. The molecule has 0 aliphatic rings. The lowest BCUT2D eigenvalue weighted by Crippen LogP contribution is -1.99. The van der Waals surface area contributed by atoms with Crippen LogP contribution in [0.2, 0.25) is 5.02 Å². The minimum absolute atomic E-state index is 0.204. The number of aromatic carboxylic acids is 1. The van der Waals surface area contributed by atoms with Crippen molar-refractivity contribution in [2.75, 3.05) is 6.54 Å². The van der Waals surface area contributed by atoms with Gasteiger partial charge in [0.05, 0.1) is 5.56 Å². The number of benzene rings is 1. The van der Waals surface area contributed by atoms with Gasteiger partial charge in [0.2, 0.25) is 0 Å². The number of carbonyl (C=O) groups is 1. The van der Waals surface area contributed by atoms with Crippen LogP contribution in [0.3, 0.4) is 0 Å². The summed E-state index contributed by atoms with van der Waals surface area (Å²) in [7, 11) is 0. The molecule has 0 unspecified atom stereocenters. The Labute approximate surface area is 93.2 Å². The van der Waals surface area contributed by atoms with Gasteiger partial charge in [-0.1, -0.05) is 29.8 Å². The summed E-state index contributed by atoms with van der Waals surface area (Å²) in [6.45, 7) is 0.548. The highest BCUT2D eigenvalue weighted by atomic mass is 35.5. The van der Waals surface area contributed by atoms with Crippen molar-refractivity contribution in [3.8, 4) is 0 Å². The van der Waals surface area contributed by atoms with Gasteiger partial charge < -0.3 is 10.8 Å². The number of rotatable bonds is 4. The maximum absolute atomic E-state index is 10.9. The van der Waals surface area contributed by atoms with Crippen molar-refractivity contribution in [1.82, 2.24) is 0 Å². The third-order valence-electron chi connectivity index (χ3n) is 1.88. The predicted molar refractivity (Wildman–Crippen MR) is 61.1 cm³/mol. The van der Waals surface area contributed by atoms with Crippen molar-refractivity contribution in [3.05, 3.63) is 40.4 Å². The Kier molecular flexibility index (Phi) is 4.34. The lowest BCUT2D eigenvalue weighted by molar-refractivity contribution is 0.0696. The van der Waals surface area contributed by atoms with Crippen LogP contribution >= 0.6 is 11.6 Å². The van der Waals surface area contributed by atoms with Crippen molar-refractivity contribution >= 4 is 23.6 Å². The summed E-state index contributed by atoms with van der Waals surface area (Å²) >= 11 is 5.71. The van der Waals surface area contributed by atoms with Crippen LogP contribution in [0.4, 0.5) is 0 Å². The van der Waals surface area contributed by atoms with E-state index in [-0.39, 0.29) is 5.56 Å². The van der Waals surface area contributed by atoms with Crippen molar-refractivity contribution in [2.24, 2.45) is 5.73 Å². The van der Waals surface area contributed by atoms with E-state index in [0.29, 0.717) is 17.1 Å². The van der Waals surface area contributed by atoms with Gasteiger partial charge in [-0.3, -0.25) is 0 Å². The maximum atomic E-state index is 10.9. The van der Waals surface area contributed by atoms with Gasteiger partial charge in [-0.05, 0) is 30.7 Å². The van der Waals surface area contributed by atoms with Crippen LogP contribution in [-0.2, 0) is 0 Å². The average molecular weight is 226 g/mol. The fourth-order valence-corrected chi connectivity index (χ4v) is 1.34. The van der Waals surface area contributed by atoms with E-state index in [9.17, 15) is 4.79 Å². The Morgan fingerprint density at radius 2 is 2.27 bits per heavy atom. The summed E-state index contributed by atoms with van der Waals surface area (Å²) in [4.78, 5) is 10.9. The molecule has 0 bridgehead atoms. The minimum Gasteiger partial charge on any atom is -0.478 e. The molecule has 0 aromatic heterocycles. The van der Waals surface area contributed by atoms with Crippen molar-refractivity contribution in [2.45, 2.75) is 6.42 Å². The molecule has 0 radical (unpaired) electrons. The Hall–Kier alpha value is -1.32. The molecule has 3 N–H and O–H groups in total. The molecule has 0 spiro atoms. The fraction of sp³-hybridized carbons (Fsp3) is 0.182. The smallest absolute Gasteiger partial charge is 0.336 e. The highest BCUT2D eigenvalue weighted by Gasteiger charge is 2.07. The normalized spacial score (nSPS) is 10.8. The third-order valence-corrected chi connectivity index (χ3v) is 2.11. The van der Waals surface area contributed by atoms with Crippen LogP contribution in [0.15, 0.2) is 24.3 Å². The molecule has 0 heterocycles. The zero-order valence-corrected chi connectivity index (χ0v) is 8.87. The SMILES string of the molecule is NCCC=Cc1ccc(Cl)cc1C(=O)O. The summed E-state index contributed by atoms with van der Waals surface area (Å²) < 4.78 is 0. The number of hydrogen-bond acceptors (Lipinski definition) is 2. The van der Waals surface area contributed by atoms with Gasteiger partial charge in [-0.2, -0.15) is 0 Å². The number of nitrogens with two attached hydrogens (primary N) is 1. The number of halogens is 1. The molecule has 4 heteroatoms. The molecule has 0 aliphatic heterocycles. The van der Waals surface area contributed by atoms with Crippen molar-refractivity contribution in [1.29, 1.82) is 0 Å². The van der Waals surface area contributed by atoms with E-state index in [1.165, 1.54) is 6.07 Å². The highest BCUT2D eigenvalue weighted by molar-refractivity contribution is 6.31. The average Bonchev–Trinajstić information content (AvgIpc) is 2.20. The topological polar surface area (TPSA) is 63.3 Å². The molecule has 0 saturated carbocycles. The summed E-state index contributed by atoms with van der Waals surface area (Å²) in [5.74, 6) is -0.982. The monoisotopic (exact) mass is 225 g/mol. The highest BCUT2D eigenvalue weighted by Crippen LogP contribution is 2.17. The molecule has 3 nitrogen and oxygen atoms in total. The molecule has 0 amide bonds. The van der Waals surface area contributed by atoms with E-state index in [1.807, 2.05) is 6.08 Å². The lowest BCUT2D eigenvalue weighted by atomic mass is 10.1. The van der Waals surface area contributed by atoms with Crippen LogP contribution in [-0.4, -0.2) is 17.6 Å². The quantitative estimate of drug-likeness (QED) is 0.827. The number of carboxylic acids is 1. The summed E-state index contributed by atoms with van der Waals surface area (Å²) in [5.41, 5.74) is 6.17. The predicted octanol–water partition coefficient (Wildman–Crippen LogP) is 2.40. The van der Waals surface area contributed by atoms with Gasteiger partial charge in [0, 0.05) is 5.02 Å². The molecule has 1 rings (SSSR count). The summed E-state index contributed by atoms with van der Waals surface area (Å²) in [6, 6.07) is 4.78. The van der Waals surface area contributed by atoms with Crippen LogP contribution < -0.4 is 5.73 Å².